The highest BCUT2D eigenvalue weighted by atomic mass is 32.2. The van der Waals surface area contributed by atoms with E-state index in [1.165, 1.54) is 27.8 Å². The summed E-state index contributed by atoms with van der Waals surface area (Å²) in [5, 5.41) is 11.1. The summed E-state index contributed by atoms with van der Waals surface area (Å²) in [5.74, 6) is -0.458. The molecule has 0 radical (unpaired) electrons. The van der Waals surface area contributed by atoms with Crippen molar-refractivity contribution in [2.45, 2.75) is 24.8 Å². The largest absolute Gasteiger partial charge is 0.391 e. The van der Waals surface area contributed by atoms with Gasteiger partial charge in [-0.15, -0.1) is 11.3 Å². The molecule has 0 saturated carbocycles. The molecule has 2 aromatic rings. The standard InChI is InChI=1S/C14H14FNO3S2/c1-9-8-20-13(7-17)14(9)21(18,19)16-5-4-10-2-3-11(15)6-12(10)16/h2-3,6,8,17H,4-5,7H2,1H3. The highest BCUT2D eigenvalue weighted by Crippen LogP contribution is 2.37. The molecule has 0 fully saturated rings. The number of aryl methyl sites for hydroxylation is 1. The smallest absolute Gasteiger partial charge is 0.265 e. The Labute approximate surface area is 126 Å². The van der Waals surface area contributed by atoms with Crippen molar-refractivity contribution in [2.24, 2.45) is 0 Å². The first-order chi connectivity index (χ1) is 9.95. The Morgan fingerprint density at radius 3 is 2.90 bits per heavy atom. The third-order valence-electron chi connectivity index (χ3n) is 3.58. The minimum Gasteiger partial charge on any atom is -0.391 e. The first kappa shape index (κ1) is 14.5. The Balaban J connectivity index is 2.13. The van der Waals surface area contributed by atoms with Gasteiger partial charge in [0.25, 0.3) is 10.0 Å². The second-order valence-electron chi connectivity index (χ2n) is 4.93. The molecule has 0 saturated heterocycles. The number of rotatable bonds is 3. The molecule has 1 aliphatic heterocycles. The van der Waals surface area contributed by atoms with Crippen LogP contribution in [0.3, 0.4) is 0 Å². The number of hydrogen-bond donors (Lipinski definition) is 1. The quantitative estimate of drug-likeness (QED) is 0.942. The molecule has 7 heteroatoms. The number of anilines is 1. The zero-order valence-electron chi connectivity index (χ0n) is 11.3. The van der Waals surface area contributed by atoms with Gasteiger partial charge in [0.15, 0.2) is 0 Å². The Morgan fingerprint density at radius 1 is 1.43 bits per heavy atom. The van der Waals surface area contributed by atoms with Crippen molar-refractivity contribution < 1.29 is 17.9 Å². The van der Waals surface area contributed by atoms with Crippen LogP contribution in [0, 0.1) is 12.7 Å². The first-order valence-electron chi connectivity index (χ1n) is 6.44. The minimum absolute atomic E-state index is 0.145. The number of aliphatic hydroxyl groups excluding tert-OH is 1. The van der Waals surface area contributed by atoms with Gasteiger partial charge in [0.2, 0.25) is 0 Å². The highest BCUT2D eigenvalue weighted by Gasteiger charge is 2.34. The fraction of sp³-hybridized carbons (Fsp3) is 0.286. The summed E-state index contributed by atoms with van der Waals surface area (Å²) >= 11 is 1.22. The van der Waals surface area contributed by atoms with E-state index in [1.54, 1.807) is 18.4 Å². The summed E-state index contributed by atoms with van der Waals surface area (Å²) in [7, 11) is -3.78. The van der Waals surface area contributed by atoms with Gasteiger partial charge in [0.1, 0.15) is 10.7 Å². The van der Waals surface area contributed by atoms with Gasteiger partial charge in [-0.05, 0) is 42.0 Å². The molecular formula is C14H14FNO3S2. The number of nitrogens with zero attached hydrogens (tertiary/aromatic N) is 1. The molecular weight excluding hydrogens is 313 g/mol. The molecule has 0 spiro atoms. The molecule has 1 N–H and O–H groups in total. The number of hydrogen-bond acceptors (Lipinski definition) is 4. The van der Waals surface area contributed by atoms with Crippen LogP contribution < -0.4 is 4.31 Å². The van der Waals surface area contributed by atoms with E-state index in [0.717, 1.165) is 5.56 Å². The molecule has 1 aromatic carbocycles. The molecule has 0 aliphatic carbocycles. The fourth-order valence-corrected chi connectivity index (χ4v) is 5.74. The predicted octanol–water partition coefficient (Wildman–Crippen LogP) is 2.44. The molecule has 1 aliphatic rings. The van der Waals surface area contributed by atoms with Gasteiger partial charge in [-0.25, -0.2) is 12.8 Å². The van der Waals surface area contributed by atoms with Crippen LogP contribution in [-0.4, -0.2) is 20.1 Å². The van der Waals surface area contributed by atoms with E-state index in [2.05, 4.69) is 0 Å². The summed E-state index contributed by atoms with van der Waals surface area (Å²) in [4.78, 5) is 0.560. The van der Waals surface area contributed by atoms with Crippen LogP contribution in [0.2, 0.25) is 0 Å². The number of fused-ring (bicyclic) bond motifs is 1. The predicted molar refractivity (Wildman–Crippen MR) is 79.6 cm³/mol. The first-order valence-corrected chi connectivity index (χ1v) is 8.76. The second-order valence-corrected chi connectivity index (χ2v) is 7.69. The normalized spacial score (nSPS) is 14.5. The molecule has 0 amide bonds. The average molecular weight is 327 g/mol. The molecule has 2 heterocycles. The second kappa shape index (κ2) is 5.08. The SMILES string of the molecule is Cc1csc(CO)c1S(=O)(=O)N1CCc2ccc(F)cc21. The lowest BCUT2D eigenvalue weighted by atomic mass is 10.2. The van der Waals surface area contributed by atoms with E-state index in [0.29, 0.717) is 29.1 Å². The van der Waals surface area contributed by atoms with Crippen molar-refractivity contribution in [2.75, 3.05) is 10.8 Å². The van der Waals surface area contributed by atoms with E-state index in [-0.39, 0.29) is 11.5 Å². The number of thiophene rings is 1. The number of benzene rings is 1. The maximum absolute atomic E-state index is 13.4. The molecule has 112 valence electrons. The van der Waals surface area contributed by atoms with Crippen molar-refractivity contribution in [1.29, 1.82) is 0 Å². The van der Waals surface area contributed by atoms with Crippen LogP contribution in [0.5, 0.6) is 0 Å². The van der Waals surface area contributed by atoms with Crippen LogP contribution in [0.25, 0.3) is 0 Å². The van der Waals surface area contributed by atoms with Gasteiger partial charge >= 0.3 is 0 Å². The number of aliphatic hydroxyl groups is 1. The Hall–Kier alpha value is -1.44. The third-order valence-corrected chi connectivity index (χ3v) is 6.84. The summed E-state index contributed by atoms with van der Waals surface area (Å²) < 4.78 is 40.4. The summed E-state index contributed by atoms with van der Waals surface area (Å²) in [6.45, 7) is 1.67. The van der Waals surface area contributed by atoms with E-state index in [1.807, 2.05) is 0 Å². The highest BCUT2D eigenvalue weighted by molar-refractivity contribution is 7.93. The zero-order valence-corrected chi connectivity index (χ0v) is 13.0. The summed E-state index contributed by atoms with van der Waals surface area (Å²) in [5.41, 5.74) is 1.82. The van der Waals surface area contributed by atoms with Crippen molar-refractivity contribution in [3.05, 3.63) is 45.4 Å². The molecule has 4 nitrogen and oxygen atoms in total. The van der Waals surface area contributed by atoms with Crippen LogP contribution in [0.1, 0.15) is 16.0 Å². The summed E-state index contributed by atoms with van der Waals surface area (Å²) in [6.07, 6.45) is 0.562. The van der Waals surface area contributed by atoms with Gasteiger partial charge in [-0.2, -0.15) is 0 Å². The lowest BCUT2D eigenvalue weighted by Crippen LogP contribution is -2.30. The van der Waals surface area contributed by atoms with Gasteiger partial charge < -0.3 is 5.11 Å². The van der Waals surface area contributed by atoms with E-state index < -0.39 is 15.8 Å². The van der Waals surface area contributed by atoms with Crippen molar-refractivity contribution in [3.63, 3.8) is 0 Å². The zero-order chi connectivity index (χ0) is 15.2. The Bertz CT molecular complexity index is 799. The van der Waals surface area contributed by atoms with Crippen LogP contribution >= 0.6 is 11.3 Å². The van der Waals surface area contributed by atoms with Crippen molar-refractivity contribution >= 4 is 27.0 Å². The molecule has 21 heavy (non-hydrogen) atoms. The molecule has 0 atom stereocenters. The van der Waals surface area contributed by atoms with E-state index >= 15 is 0 Å². The minimum atomic E-state index is -3.78. The lowest BCUT2D eigenvalue weighted by Gasteiger charge is -2.20. The van der Waals surface area contributed by atoms with Gasteiger partial charge in [0.05, 0.1) is 17.2 Å². The monoisotopic (exact) mass is 327 g/mol. The van der Waals surface area contributed by atoms with E-state index in [4.69, 9.17) is 0 Å². The molecule has 0 bridgehead atoms. The van der Waals surface area contributed by atoms with E-state index in [9.17, 15) is 17.9 Å². The van der Waals surface area contributed by atoms with Crippen molar-refractivity contribution in [1.82, 2.24) is 0 Å². The number of halogens is 1. The third kappa shape index (κ3) is 2.25. The lowest BCUT2D eigenvalue weighted by molar-refractivity contribution is 0.282. The topological polar surface area (TPSA) is 57.6 Å². The maximum atomic E-state index is 13.4. The average Bonchev–Trinajstić information content (AvgIpc) is 3.01. The molecule has 0 unspecified atom stereocenters. The van der Waals surface area contributed by atoms with Crippen LogP contribution in [-0.2, 0) is 23.1 Å². The van der Waals surface area contributed by atoms with Gasteiger partial charge in [-0.1, -0.05) is 6.07 Å². The molecule has 1 aromatic heterocycles. The maximum Gasteiger partial charge on any atom is 0.265 e. The van der Waals surface area contributed by atoms with Gasteiger partial charge in [0, 0.05) is 6.54 Å². The fourth-order valence-electron chi connectivity index (χ4n) is 2.63. The van der Waals surface area contributed by atoms with Crippen molar-refractivity contribution in [3.8, 4) is 0 Å². The Morgan fingerprint density at radius 2 is 2.19 bits per heavy atom. The van der Waals surface area contributed by atoms with Crippen LogP contribution in [0.4, 0.5) is 10.1 Å². The number of sulfonamides is 1. The Kier molecular flexibility index (Phi) is 3.51. The van der Waals surface area contributed by atoms with Crippen LogP contribution in [0.15, 0.2) is 28.5 Å². The molecule has 3 rings (SSSR count). The van der Waals surface area contributed by atoms with Gasteiger partial charge in [-0.3, -0.25) is 4.31 Å². The summed E-state index contributed by atoms with van der Waals surface area (Å²) in [6, 6.07) is 4.21.